The Hall–Kier alpha value is -0.610. The molecule has 5 heteroatoms. The molecular weight excluding hydrogens is 366 g/mol. The summed E-state index contributed by atoms with van der Waals surface area (Å²) < 4.78 is 13.9. The van der Waals surface area contributed by atoms with E-state index in [9.17, 15) is 9.50 Å². The Bertz CT molecular complexity index is 578. The fraction of sp³-hybridized carbons (Fsp3) is 0.200. The number of hydrogen-bond acceptors (Lipinski definition) is 1. The van der Waals surface area contributed by atoms with Crippen molar-refractivity contribution in [3.8, 4) is 0 Å². The van der Waals surface area contributed by atoms with Gasteiger partial charge in [-0.15, -0.1) is 0 Å². The van der Waals surface area contributed by atoms with Gasteiger partial charge < -0.3 is 5.11 Å². The van der Waals surface area contributed by atoms with Crippen LogP contribution in [0.2, 0.25) is 10.0 Å². The van der Waals surface area contributed by atoms with Crippen LogP contribution in [0.25, 0.3) is 0 Å². The molecule has 2 aromatic rings. The predicted molar refractivity (Wildman–Crippen MR) is 84.0 cm³/mol. The summed E-state index contributed by atoms with van der Waals surface area (Å²) in [6.45, 7) is 0. The van der Waals surface area contributed by atoms with Crippen LogP contribution >= 0.6 is 39.1 Å². The van der Waals surface area contributed by atoms with Gasteiger partial charge in [-0.25, -0.2) is 4.39 Å². The van der Waals surface area contributed by atoms with Crippen LogP contribution in [0.4, 0.5) is 4.39 Å². The first-order valence-electron chi connectivity index (χ1n) is 6.01. The molecule has 1 unspecified atom stereocenters. The van der Waals surface area contributed by atoms with Crippen molar-refractivity contribution < 1.29 is 9.50 Å². The van der Waals surface area contributed by atoms with E-state index < -0.39 is 6.10 Å². The van der Waals surface area contributed by atoms with Crippen molar-refractivity contribution in [2.75, 3.05) is 0 Å². The molecule has 0 fully saturated rings. The first-order valence-corrected chi connectivity index (χ1v) is 7.56. The minimum absolute atomic E-state index is 0.326. The third kappa shape index (κ3) is 4.19. The molecule has 106 valence electrons. The van der Waals surface area contributed by atoms with Crippen LogP contribution < -0.4 is 0 Å². The van der Waals surface area contributed by atoms with E-state index in [1.54, 1.807) is 24.3 Å². The summed E-state index contributed by atoms with van der Waals surface area (Å²) >= 11 is 15.4. The highest BCUT2D eigenvalue weighted by Gasteiger charge is 2.13. The molecule has 0 aliphatic rings. The number of aliphatic hydroxyl groups is 1. The van der Waals surface area contributed by atoms with Gasteiger partial charge in [0, 0.05) is 20.9 Å². The first kappa shape index (κ1) is 15.8. The van der Waals surface area contributed by atoms with Crippen molar-refractivity contribution in [1.82, 2.24) is 0 Å². The molecule has 0 saturated carbocycles. The van der Waals surface area contributed by atoms with E-state index in [4.69, 9.17) is 23.2 Å². The molecule has 1 atom stereocenters. The topological polar surface area (TPSA) is 20.2 Å². The first-order chi connectivity index (χ1) is 9.45. The van der Waals surface area contributed by atoms with Crippen molar-refractivity contribution in [2.45, 2.75) is 18.9 Å². The van der Waals surface area contributed by atoms with Gasteiger partial charge in [0.2, 0.25) is 0 Å². The van der Waals surface area contributed by atoms with Crippen molar-refractivity contribution in [3.63, 3.8) is 0 Å². The van der Waals surface area contributed by atoms with Crippen LogP contribution in [0.3, 0.4) is 0 Å². The van der Waals surface area contributed by atoms with Crippen molar-refractivity contribution >= 4 is 39.1 Å². The smallest absolute Gasteiger partial charge is 0.124 e. The van der Waals surface area contributed by atoms with E-state index in [2.05, 4.69) is 15.9 Å². The van der Waals surface area contributed by atoms with Gasteiger partial charge in [-0.3, -0.25) is 0 Å². The quantitative estimate of drug-likeness (QED) is 0.791. The van der Waals surface area contributed by atoms with E-state index in [0.29, 0.717) is 38.5 Å². The Kier molecular flexibility index (Phi) is 5.44. The van der Waals surface area contributed by atoms with Crippen molar-refractivity contribution in [1.29, 1.82) is 0 Å². The van der Waals surface area contributed by atoms with Gasteiger partial charge in [0.25, 0.3) is 0 Å². The van der Waals surface area contributed by atoms with E-state index in [-0.39, 0.29) is 5.82 Å². The third-order valence-corrected chi connectivity index (χ3v) is 4.06. The van der Waals surface area contributed by atoms with Gasteiger partial charge in [0.1, 0.15) is 5.82 Å². The van der Waals surface area contributed by atoms with Crippen LogP contribution in [-0.2, 0) is 12.8 Å². The minimum atomic E-state index is -0.680. The Balaban J connectivity index is 2.11. The summed E-state index contributed by atoms with van der Waals surface area (Å²) in [5.41, 5.74) is 1.42. The van der Waals surface area contributed by atoms with E-state index >= 15 is 0 Å². The molecular formula is C15H12BrCl2FO. The molecule has 0 aliphatic carbocycles. The molecule has 2 aromatic carbocycles. The molecule has 0 amide bonds. The van der Waals surface area contributed by atoms with Gasteiger partial charge in [-0.1, -0.05) is 45.2 Å². The number of halogens is 4. The molecule has 0 bridgehead atoms. The predicted octanol–water partition coefficient (Wildman–Crippen LogP) is 5.04. The lowest BCUT2D eigenvalue weighted by Gasteiger charge is -2.13. The highest BCUT2D eigenvalue weighted by Crippen LogP contribution is 2.26. The minimum Gasteiger partial charge on any atom is -0.392 e. The van der Waals surface area contributed by atoms with Crippen molar-refractivity contribution in [3.05, 3.63) is 67.9 Å². The summed E-state index contributed by atoms with van der Waals surface area (Å²) in [5, 5.41) is 11.2. The number of rotatable bonds is 4. The number of aliphatic hydroxyl groups excluding tert-OH is 1. The largest absolute Gasteiger partial charge is 0.392 e. The molecule has 20 heavy (non-hydrogen) atoms. The van der Waals surface area contributed by atoms with Crippen LogP contribution in [0.5, 0.6) is 0 Å². The summed E-state index contributed by atoms with van der Waals surface area (Å²) in [6.07, 6.45) is -0.0222. The Labute approximate surface area is 135 Å². The molecule has 2 rings (SSSR count). The zero-order valence-corrected chi connectivity index (χ0v) is 13.5. The molecule has 0 spiro atoms. The Morgan fingerprint density at radius 3 is 2.35 bits per heavy atom. The maximum absolute atomic E-state index is 13.3. The fourth-order valence-electron chi connectivity index (χ4n) is 2.04. The molecule has 0 saturated heterocycles. The summed E-state index contributed by atoms with van der Waals surface area (Å²) in [5.74, 6) is -0.336. The second kappa shape index (κ2) is 6.90. The van der Waals surface area contributed by atoms with Crippen LogP contribution in [0.15, 0.2) is 40.9 Å². The van der Waals surface area contributed by atoms with Gasteiger partial charge in [0.15, 0.2) is 0 Å². The third-order valence-electron chi connectivity index (χ3n) is 2.90. The van der Waals surface area contributed by atoms with Crippen LogP contribution in [-0.4, -0.2) is 11.2 Å². The lowest BCUT2D eigenvalue weighted by Crippen LogP contribution is -2.14. The number of hydrogen-bond donors (Lipinski definition) is 1. The van der Waals surface area contributed by atoms with Gasteiger partial charge in [-0.05, 0) is 47.9 Å². The lowest BCUT2D eigenvalue weighted by molar-refractivity contribution is 0.175. The van der Waals surface area contributed by atoms with Crippen LogP contribution in [0.1, 0.15) is 11.1 Å². The van der Waals surface area contributed by atoms with E-state index in [1.165, 1.54) is 12.1 Å². The number of benzene rings is 2. The monoisotopic (exact) mass is 376 g/mol. The molecule has 0 aromatic heterocycles. The Morgan fingerprint density at radius 1 is 1.10 bits per heavy atom. The normalized spacial score (nSPS) is 12.4. The maximum atomic E-state index is 13.3. The van der Waals surface area contributed by atoms with Gasteiger partial charge in [-0.2, -0.15) is 0 Å². The summed E-state index contributed by atoms with van der Waals surface area (Å²) in [4.78, 5) is 0. The van der Waals surface area contributed by atoms with Gasteiger partial charge in [0.05, 0.1) is 6.10 Å². The van der Waals surface area contributed by atoms with Gasteiger partial charge >= 0.3 is 0 Å². The molecule has 0 heterocycles. The van der Waals surface area contributed by atoms with E-state index in [0.717, 1.165) is 0 Å². The zero-order valence-electron chi connectivity index (χ0n) is 10.4. The van der Waals surface area contributed by atoms with Crippen LogP contribution in [0, 0.1) is 5.82 Å². The van der Waals surface area contributed by atoms with E-state index in [1.807, 2.05) is 0 Å². The maximum Gasteiger partial charge on any atom is 0.124 e. The standard InChI is InChI=1S/C15H12BrCl2FO/c16-10-4-9(5-11(19)7-10)6-12(20)8-13-14(17)2-1-3-15(13)18/h1-5,7,12,20H,6,8H2. The lowest BCUT2D eigenvalue weighted by atomic mass is 10.0. The summed E-state index contributed by atoms with van der Waals surface area (Å²) in [7, 11) is 0. The second-order valence-electron chi connectivity index (χ2n) is 4.54. The van der Waals surface area contributed by atoms with Crippen molar-refractivity contribution in [2.24, 2.45) is 0 Å². The molecule has 0 radical (unpaired) electrons. The fourth-order valence-corrected chi connectivity index (χ4v) is 3.10. The average molecular weight is 378 g/mol. The molecule has 1 N–H and O–H groups in total. The second-order valence-corrected chi connectivity index (χ2v) is 6.27. The summed E-state index contributed by atoms with van der Waals surface area (Å²) in [6, 6.07) is 9.77. The zero-order chi connectivity index (χ0) is 14.7. The SMILES string of the molecule is OC(Cc1cc(F)cc(Br)c1)Cc1c(Cl)cccc1Cl. The highest BCUT2D eigenvalue weighted by atomic mass is 79.9. The molecule has 0 aliphatic heterocycles. The average Bonchev–Trinajstić information content (AvgIpc) is 2.32. The highest BCUT2D eigenvalue weighted by molar-refractivity contribution is 9.10. The Morgan fingerprint density at radius 2 is 1.75 bits per heavy atom. The molecule has 1 nitrogen and oxygen atoms in total.